The number of aryl methyl sites for hydroxylation is 2. The van der Waals surface area contributed by atoms with E-state index in [-0.39, 0.29) is 30.3 Å². The van der Waals surface area contributed by atoms with Gasteiger partial charge in [-0.05, 0) is 51.0 Å². The highest BCUT2D eigenvalue weighted by atomic mass is 32.1. The molecule has 4 rings (SSSR count). The number of hydrogen-bond acceptors (Lipinski definition) is 7. The molecule has 1 aliphatic carbocycles. The van der Waals surface area contributed by atoms with E-state index in [1.54, 1.807) is 32.0 Å². The number of carbonyl (C=O) groups excluding carboxylic acids is 2. The average Bonchev–Trinajstić information content (AvgIpc) is 3.49. The van der Waals surface area contributed by atoms with Crippen LogP contribution in [-0.2, 0) is 17.5 Å². The number of nitrogens with two attached hydrogens (primary N) is 1. The van der Waals surface area contributed by atoms with Crippen LogP contribution >= 0.6 is 11.3 Å². The van der Waals surface area contributed by atoms with Crippen molar-refractivity contribution in [1.29, 1.82) is 0 Å². The first-order valence-corrected chi connectivity index (χ1v) is 11.7. The van der Waals surface area contributed by atoms with E-state index < -0.39 is 17.2 Å². The Morgan fingerprint density at radius 3 is 2.49 bits per heavy atom. The summed E-state index contributed by atoms with van der Waals surface area (Å²) in [6.45, 7) is 3.45. The maximum absolute atomic E-state index is 13.3. The maximum Gasteiger partial charge on any atom is 0.418 e. The largest absolute Gasteiger partial charge is 0.418 e. The molecule has 35 heavy (non-hydrogen) atoms. The third-order valence-electron chi connectivity index (χ3n) is 5.91. The minimum atomic E-state index is -4.49. The van der Waals surface area contributed by atoms with E-state index >= 15 is 0 Å². The maximum atomic E-state index is 13.3. The number of amides is 1. The van der Waals surface area contributed by atoms with Gasteiger partial charge in [0.1, 0.15) is 0 Å². The van der Waals surface area contributed by atoms with Gasteiger partial charge in [-0.1, -0.05) is 23.0 Å². The molecule has 1 amide bonds. The van der Waals surface area contributed by atoms with E-state index in [4.69, 9.17) is 5.73 Å². The molecule has 1 fully saturated rings. The molecule has 2 heterocycles. The first kappa shape index (κ1) is 24.6. The summed E-state index contributed by atoms with van der Waals surface area (Å²) in [5, 5.41) is 5.90. The normalized spacial score (nSPS) is 14.4. The predicted octanol–water partition coefficient (Wildman–Crippen LogP) is 5.17. The van der Waals surface area contributed by atoms with E-state index in [1.807, 2.05) is 0 Å². The van der Waals surface area contributed by atoms with Crippen LogP contribution in [-0.4, -0.2) is 21.7 Å². The highest BCUT2D eigenvalue weighted by molar-refractivity contribution is 7.17. The van der Waals surface area contributed by atoms with Gasteiger partial charge in [-0.25, -0.2) is 4.98 Å². The van der Waals surface area contributed by atoms with Crippen LogP contribution in [0.3, 0.4) is 0 Å². The van der Waals surface area contributed by atoms with Crippen LogP contribution < -0.4 is 16.4 Å². The van der Waals surface area contributed by atoms with Crippen LogP contribution in [0.1, 0.15) is 51.4 Å². The number of pyridine rings is 1. The summed E-state index contributed by atoms with van der Waals surface area (Å²) in [5.41, 5.74) is 6.12. The number of anilines is 3. The number of nitrogens with one attached hydrogen (secondary N) is 2. The fourth-order valence-electron chi connectivity index (χ4n) is 3.82. The summed E-state index contributed by atoms with van der Waals surface area (Å²) in [6, 6.07) is 7.28. The van der Waals surface area contributed by atoms with Gasteiger partial charge in [0, 0.05) is 6.42 Å². The fraction of sp³-hybridized carbons (Fsp3) is 0.333. The Labute approximate surface area is 204 Å². The number of carbonyl (C=O) groups is 2. The van der Waals surface area contributed by atoms with E-state index in [1.165, 1.54) is 12.3 Å². The number of Topliss-reactive ketones (excluding diaryl/α,β-unsaturated/α-hetero) is 1. The molecule has 184 valence electrons. The Kier molecular flexibility index (Phi) is 6.54. The SMILES string of the molecule is Cc1ccc(Nc2ccc(CNC(=O)C3(CC(=O)c4sc(N)nc4C)CC3)nc2)c(C(F)(F)F)c1. The van der Waals surface area contributed by atoms with E-state index in [0.29, 0.717) is 45.5 Å². The van der Waals surface area contributed by atoms with Crippen molar-refractivity contribution in [2.24, 2.45) is 5.41 Å². The predicted molar refractivity (Wildman–Crippen MR) is 127 cm³/mol. The van der Waals surface area contributed by atoms with Crippen LogP contribution in [0.5, 0.6) is 0 Å². The molecule has 0 spiro atoms. The Balaban J connectivity index is 1.35. The lowest BCUT2D eigenvalue weighted by molar-refractivity contribution is -0.137. The number of alkyl halides is 3. The lowest BCUT2D eigenvalue weighted by Crippen LogP contribution is -2.33. The first-order valence-electron chi connectivity index (χ1n) is 10.9. The molecule has 0 saturated heterocycles. The highest BCUT2D eigenvalue weighted by Crippen LogP contribution is 2.50. The molecule has 1 saturated carbocycles. The van der Waals surface area contributed by atoms with Crippen LogP contribution in [0.15, 0.2) is 36.5 Å². The number of halogens is 3. The molecule has 3 aromatic rings. The molecule has 7 nitrogen and oxygen atoms in total. The minimum Gasteiger partial charge on any atom is -0.375 e. The number of nitrogens with zero attached hydrogens (tertiary/aromatic N) is 2. The van der Waals surface area contributed by atoms with E-state index in [0.717, 1.165) is 17.4 Å². The lowest BCUT2D eigenvalue weighted by atomic mass is 9.97. The lowest BCUT2D eigenvalue weighted by Gasteiger charge is -2.16. The average molecular weight is 504 g/mol. The molecule has 0 bridgehead atoms. The van der Waals surface area contributed by atoms with E-state index in [2.05, 4.69) is 20.6 Å². The third kappa shape index (κ3) is 5.61. The molecule has 0 aliphatic heterocycles. The monoisotopic (exact) mass is 503 g/mol. The number of nitrogen functional groups attached to an aromatic ring is 1. The van der Waals surface area contributed by atoms with E-state index in [9.17, 15) is 22.8 Å². The van der Waals surface area contributed by atoms with Crippen molar-refractivity contribution in [2.75, 3.05) is 11.1 Å². The molecule has 1 aliphatic rings. The van der Waals surface area contributed by atoms with Crippen molar-refractivity contribution >= 4 is 39.5 Å². The summed E-state index contributed by atoms with van der Waals surface area (Å²) in [6.07, 6.45) is -1.75. The van der Waals surface area contributed by atoms with Gasteiger partial charge in [-0.15, -0.1) is 0 Å². The standard InChI is InChI=1S/C24H24F3N5O2S/c1-13-3-6-18(17(9-13)24(25,26)27)32-16-5-4-15(29-12-16)11-30-21(34)23(7-8-23)10-19(33)20-14(2)31-22(28)35-20/h3-6,9,12,32H,7-8,10-11H2,1-2H3,(H2,28,31)(H,30,34). The molecular weight excluding hydrogens is 479 g/mol. The number of benzene rings is 1. The topological polar surface area (TPSA) is 110 Å². The van der Waals surface area contributed by atoms with Gasteiger partial charge in [-0.3, -0.25) is 14.6 Å². The Morgan fingerprint density at radius 1 is 1.17 bits per heavy atom. The molecule has 0 radical (unpaired) electrons. The zero-order valence-electron chi connectivity index (χ0n) is 19.1. The Morgan fingerprint density at radius 2 is 1.91 bits per heavy atom. The number of rotatable bonds is 8. The fourth-order valence-corrected chi connectivity index (χ4v) is 4.59. The zero-order valence-corrected chi connectivity index (χ0v) is 19.9. The third-order valence-corrected chi connectivity index (χ3v) is 6.94. The van der Waals surface area contributed by atoms with Crippen LogP contribution in [0.2, 0.25) is 0 Å². The second-order valence-corrected chi connectivity index (χ2v) is 9.77. The molecular formula is C24H24F3N5O2S. The van der Waals surface area contributed by atoms with Crippen molar-refractivity contribution < 1.29 is 22.8 Å². The summed E-state index contributed by atoms with van der Waals surface area (Å²) < 4.78 is 40.0. The Hall–Kier alpha value is -3.47. The molecule has 2 aromatic heterocycles. The molecule has 0 atom stereocenters. The summed E-state index contributed by atoms with van der Waals surface area (Å²) in [4.78, 5) is 34.2. The molecule has 4 N–H and O–H groups in total. The minimum absolute atomic E-state index is 0.0655. The summed E-state index contributed by atoms with van der Waals surface area (Å²) >= 11 is 1.12. The van der Waals surface area contributed by atoms with Crippen molar-refractivity contribution in [3.8, 4) is 0 Å². The van der Waals surface area contributed by atoms with Crippen molar-refractivity contribution in [3.63, 3.8) is 0 Å². The van der Waals surface area contributed by atoms with Gasteiger partial charge in [-0.2, -0.15) is 13.2 Å². The van der Waals surface area contributed by atoms with Gasteiger partial charge < -0.3 is 16.4 Å². The van der Waals surface area contributed by atoms with Crippen molar-refractivity contribution in [2.45, 2.75) is 45.8 Å². The zero-order chi connectivity index (χ0) is 25.4. The summed E-state index contributed by atoms with van der Waals surface area (Å²) in [5.74, 6) is -0.369. The quantitative estimate of drug-likeness (QED) is 0.366. The van der Waals surface area contributed by atoms with Gasteiger partial charge in [0.2, 0.25) is 5.91 Å². The van der Waals surface area contributed by atoms with Gasteiger partial charge in [0.25, 0.3) is 0 Å². The number of aromatic nitrogens is 2. The molecule has 0 unspecified atom stereocenters. The number of hydrogen-bond donors (Lipinski definition) is 3. The van der Waals surface area contributed by atoms with Crippen molar-refractivity contribution in [3.05, 3.63) is 63.9 Å². The number of ketones is 1. The Bertz CT molecular complexity index is 1270. The van der Waals surface area contributed by atoms with Gasteiger partial charge in [0.05, 0.1) is 51.4 Å². The second kappa shape index (κ2) is 9.29. The first-order chi connectivity index (χ1) is 16.5. The van der Waals surface area contributed by atoms with Gasteiger partial charge >= 0.3 is 6.18 Å². The number of thiazole rings is 1. The summed E-state index contributed by atoms with van der Waals surface area (Å²) in [7, 11) is 0. The van der Waals surface area contributed by atoms with Gasteiger partial charge in [0.15, 0.2) is 10.9 Å². The molecule has 1 aromatic carbocycles. The van der Waals surface area contributed by atoms with Crippen LogP contribution in [0.4, 0.5) is 29.7 Å². The smallest absolute Gasteiger partial charge is 0.375 e. The van der Waals surface area contributed by atoms with Crippen molar-refractivity contribution in [1.82, 2.24) is 15.3 Å². The van der Waals surface area contributed by atoms with Crippen LogP contribution in [0.25, 0.3) is 0 Å². The van der Waals surface area contributed by atoms with Crippen LogP contribution in [0, 0.1) is 19.3 Å². The highest BCUT2D eigenvalue weighted by Gasteiger charge is 2.51. The molecule has 11 heteroatoms. The second-order valence-electron chi connectivity index (χ2n) is 8.74.